The van der Waals surface area contributed by atoms with Gasteiger partial charge >= 0.3 is 0 Å². The summed E-state index contributed by atoms with van der Waals surface area (Å²) >= 11 is 0. The van der Waals surface area contributed by atoms with E-state index >= 15 is 0 Å². The van der Waals surface area contributed by atoms with Crippen molar-refractivity contribution in [2.24, 2.45) is 0 Å². The van der Waals surface area contributed by atoms with Crippen LogP contribution in [-0.4, -0.2) is 59.5 Å². The number of nitrogens with zero attached hydrogens (tertiary/aromatic N) is 3. The Balaban J connectivity index is 2.20. The van der Waals surface area contributed by atoms with Gasteiger partial charge in [0, 0.05) is 38.3 Å². The van der Waals surface area contributed by atoms with Gasteiger partial charge in [0.15, 0.2) is 0 Å². The average molecular weight is 279 g/mol. The van der Waals surface area contributed by atoms with E-state index in [0.29, 0.717) is 12.6 Å². The summed E-state index contributed by atoms with van der Waals surface area (Å²) in [6.45, 7) is 7.71. The second-order valence-electron chi connectivity index (χ2n) is 5.92. The largest absolute Gasteiger partial charge is 0.309 e. The van der Waals surface area contributed by atoms with E-state index in [0.717, 1.165) is 31.2 Å². The number of piperazine rings is 1. The highest BCUT2D eigenvalue weighted by molar-refractivity contribution is 5.07. The molecule has 2 N–H and O–H groups in total. The van der Waals surface area contributed by atoms with E-state index < -0.39 is 0 Å². The highest BCUT2D eigenvalue weighted by atomic mass is 16.1. The molecule has 0 bridgehead atoms. The van der Waals surface area contributed by atoms with Crippen molar-refractivity contribution < 1.29 is 0 Å². The maximum atomic E-state index is 11.8. The molecule has 1 saturated heterocycles. The van der Waals surface area contributed by atoms with Gasteiger partial charge in [-0.3, -0.25) is 9.69 Å². The van der Waals surface area contributed by atoms with Crippen LogP contribution in [0.1, 0.15) is 31.4 Å². The highest BCUT2D eigenvalue weighted by Gasteiger charge is 2.25. The molecule has 6 nitrogen and oxygen atoms in total. The topological polar surface area (TPSA) is 64.3 Å². The molecule has 1 aromatic rings. The predicted octanol–water partition coefficient (Wildman–Crippen LogP) is 0.186. The Labute approximate surface area is 120 Å². The Morgan fingerprint density at radius 2 is 2.20 bits per heavy atom. The normalized spacial score (nSPS) is 21.6. The second-order valence-corrected chi connectivity index (χ2v) is 5.92. The second kappa shape index (κ2) is 6.47. The molecule has 2 rings (SSSR count). The minimum atomic E-state index is -0.0721. The SMILES string of the molecule is CC(C)NCc1cc(=O)[nH]c(C2CN(C)CCN2C)n1. The lowest BCUT2D eigenvalue weighted by Gasteiger charge is -2.36. The Morgan fingerprint density at radius 1 is 1.45 bits per heavy atom. The van der Waals surface area contributed by atoms with Crippen LogP contribution in [0.3, 0.4) is 0 Å². The summed E-state index contributed by atoms with van der Waals surface area (Å²) in [4.78, 5) is 23.9. The van der Waals surface area contributed by atoms with E-state index in [1.165, 1.54) is 0 Å². The first-order valence-electron chi connectivity index (χ1n) is 7.18. The molecule has 1 aliphatic rings. The fourth-order valence-corrected chi connectivity index (χ4v) is 2.39. The van der Waals surface area contributed by atoms with Crippen LogP contribution in [0, 0.1) is 0 Å². The van der Waals surface area contributed by atoms with Gasteiger partial charge in [0.1, 0.15) is 5.82 Å². The summed E-state index contributed by atoms with van der Waals surface area (Å²) in [7, 11) is 4.18. The van der Waals surface area contributed by atoms with Crippen LogP contribution >= 0.6 is 0 Å². The van der Waals surface area contributed by atoms with E-state index in [1.807, 2.05) is 0 Å². The van der Waals surface area contributed by atoms with E-state index in [9.17, 15) is 4.79 Å². The minimum Gasteiger partial charge on any atom is -0.309 e. The summed E-state index contributed by atoms with van der Waals surface area (Å²) < 4.78 is 0. The van der Waals surface area contributed by atoms with Gasteiger partial charge in [0.25, 0.3) is 5.56 Å². The minimum absolute atomic E-state index is 0.0721. The summed E-state index contributed by atoms with van der Waals surface area (Å²) in [5.41, 5.74) is 0.733. The highest BCUT2D eigenvalue weighted by Crippen LogP contribution is 2.19. The molecule has 0 aromatic carbocycles. The molecule has 0 radical (unpaired) electrons. The number of rotatable bonds is 4. The fourth-order valence-electron chi connectivity index (χ4n) is 2.39. The maximum absolute atomic E-state index is 11.8. The number of aromatic amines is 1. The van der Waals surface area contributed by atoms with Gasteiger partial charge in [-0.2, -0.15) is 0 Å². The Morgan fingerprint density at radius 3 is 2.90 bits per heavy atom. The van der Waals surface area contributed by atoms with E-state index in [4.69, 9.17) is 0 Å². The van der Waals surface area contributed by atoms with Crippen LogP contribution in [0.5, 0.6) is 0 Å². The zero-order chi connectivity index (χ0) is 14.7. The first-order valence-corrected chi connectivity index (χ1v) is 7.18. The van der Waals surface area contributed by atoms with Crippen LogP contribution < -0.4 is 10.9 Å². The molecule has 2 heterocycles. The van der Waals surface area contributed by atoms with Crippen LogP contribution in [0.2, 0.25) is 0 Å². The molecule has 1 atom stereocenters. The number of likely N-dealkylation sites (N-methyl/N-ethyl adjacent to an activating group) is 2. The quantitative estimate of drug-likeness (QED) is 0.823. The molecule has 0 spiro atoms. The summed E-state index contributed by atoms with van der Waals surface area (Å²) in [6.07, 6.45) is 0. The van der Waals surface area contributed by atoms with Crippen LogP contribution in [0.25, 0.3) is 0 Å². The Bertz CT molecular complexity index is 499. The van der Waals surface area contributed by atoms with Gasteiger partial charge in [-0.15, -0.1) is 0 Å². The third-order valence-corrected chi connectivity index (χ3v) is 3.67. The van der Waals surface area contributed by atoms with Crippen molar-refractivity contribution in [2.75, 3.05) is 33.7 Å². The standard InChI is InChI=1S/C14H25N5O/c1-10(2)15-8-11-7-13(20)17-14(16-11)12-9-18(3)5-6-19(12)4/h7,10,12,15H,5-6,8-9H2,1-4H3,(H,16,17,20). The molecule has 0 aliphatic carbocycles. The zero-order valence-electron chi connectivity index (χ0n) is 12.8. The number of hydrogen-bond donors (Lipinski definition) is 2. The van der Waals surface area contributed by atoms with Gasteiger partial charge in [-0.05, 0) is 14.1 Å². The van der Waals surface area contributed by atoms with Gasteiger partial charge in [-0.1, -0.05) is 13.8 Å². The number of nitrogens with one attached hydrogen (secondary N) is 2. The molecule has 112 valence electrons. The summed E-state index contributed by atoms with van der Waals surface area (Å²) in [6, 6.07) is 2.11. The molecule has 1 fully saturated rings. The third-order valence-electron chi connectivity index (χ3n) is 3.67. The van der Waals surface area contributed by atoms with Crippen molar-refractivity contribution in [1.82, 2.24) is 25.1 Å². The van der Waals surface area contributed by atoms with Crippen LogP contribution in [0.15, 0.2) is 10.9 Å². The van der Waals surface area contributed by atoms with Crippen molar-refractivity contribution >= 4 is 0 Å². The van der Waals surface area contributed by atoms with E-state index in [-0.39, 0.29) is 11.6 Å². The van der Waals surface area contributed by atoms with Crippen molar-refractivity contribution in [2.45, 2.75) is 32.5 Å². The summed E-state index contributed by atoms with van der Waals surface area (Å²) in [5.74, 6) is 0.770. The van der Waals surface area contributed by atoms with E-state index in [1.54, 1.807) is 6.07 Å². The van der Waals surface area contributed by atoms with E-state index in [2.05, 4.69) is 53.0 Å². The van der Waals surface area contributed by atoms with Crippen LogP contribution in [0.4, 0.5) is 0 Å². The molecule has 6 heteroatoms. The maximum Gasteiger partial charge on any atom is 0.251 e. The molecule has 0 amide bonds. The van der Waals surface area contributed by atoms with Crippen molar-refractivity contribution in [3.8, 4) is 0 Å². The average Bonchev–Trinajstić information content (AvgIpc) is 2.38. The first kappa shape index (κ1) is 15.2. The number of H-pyrrole nitrogens is 1. The first-order chi connectivity index (χ1) is 9.45. The number of hydrogen-bond acceptors (Lipinski definition) is 5. The molecule has 1 aliphatic heterocycles. The lowest BCUT2D eigenvalue weighted by atomic mass is 10.1. The zero-order valence-corrected chi connectivity index (χ0v) is 12.8. The third kappa shape index (κ3) is 3.88. The van der Waals surface area contributed by atoms with Crippen molar-refractivity contribution in [3.05, 3.63) is 27.9 Å². The van der Waals surface area contributed by atoms with Gasteiger partial charge in [0.2, 0.25) is 0 Å². The molecule has 20 heavy (non-hydrogen) atoms. The molecule has 1 unspecified atom stereocenters. The van der Waals surface area contributed by atoms with Crippen molar-refractivity contribution in [3.63, 3.8) is 0 Å². The van der Waals surface area contributed by atoms with Gasteiger partial charge < -0.3 is 15.2 Å². The molecular formula is C14H25N5O. The lowest BCUT2D eigenvalue weighted by Crippen LogP contribution is -2.45. The van der Waals surface area contributed by atoms with Gasteiger partial charge in [-0.25, -0.2) is 4.98 Å². The van der Waals surface area contributed by atoms with Crippen molar-refractivity contribution in [1.29, 1.82) is 0 Å². The molecule has 1 aromatic heterocycles. The summed E-state index contributed by atoms with van der Waals surface area (Å²) in [5, 5.41) is 3.30. The Hall–Kier alpha value is -1.24. The fraction of sp³-hybridized carbons (Fsp3) is 0.714. The van der Waals surface area contributed by atoms with Crippen LogP contribution in [-0.2, 0) is 6.54 Å². The lowest BCUT2D eigenvalue weighted by molar-refractivity contribution is 0.109. The molecular weight excluding hydrogens is 254 g/mol. The predicted molar refractivity (Wildman–Crippen MR) is 79.7 cm³/mol. The molecule has 0 saturated carbocycles. The Kier molecular flexibility index (Phi) is 4.91. The smallest absolute Gasteiger partial charge is 0.251 e. The van der Waals surface area contributed by atoms with Gasteiger partial charge in [0.05, 0.1) is 11.7 Å². The number of aromatic nitrogens is 2. The monoisotopic (exact) mass is 279 g/mol.